The lowest BCUT2D eigenvalue weighted by atomic mass is 10.2. The minimum absolute atomic E-state index is 0. The Kier molecular flexibility index (Phi) is 12.4. The van der Waals surface area contributed by atoms with Crippen LogP contribution in [0.1, 0.15) is 19.3 Å². The van der Waals surface area contributed by atoms with E-state index < -0.39 is 0 Å². The molecule has 0 spiro atoms. The molecule has 0 atom stereocenters. The van der Waals surface area contributed by atoms with Crippen LogP contribution in [0.5, 0.6) is 0 Å². The minimum Gasteiger partial charge on any atom is -0.379 e. The third-order valence-corrected chi connectivity index (χ3v) is 4.44. The van der Waals surface area contributed by atoms with Crippen LogP contribution in [-0.2, 0) is 4.74 Å². The molecule has 26 heavy (non-hydrogen) atoms. The van der Waals surface area contributed by atoms with Crippen molar-refractivity contribution in [2.75, 3.05) is 64.4 Å². The van der Waals surface area contributed by atoms with Crippen LogP contribution < -0.4 is 16.0 Å². The third-order valence-electron chi connectivity index (χ3n) is 4.44. The number of hydrogen-bond acceptors (Lipinski definition) is 4. The molecule has 0 radical (unpaired) electrons. The molecule has 7 heteroatoms. The zero-order valence-electron chi connectivity index (χ0n) is 15.9. The molecule has 6 nitrogen and oxygen atoms in total. The highest BCUT2D eigenvalue weighted by Crippen LogP contribution is 2.11. The van der Waals surface area contributed by atoms with Gasteiger partial charge < -0.3 is 20.7 Å². The molecule has 148 valence electrons. The topological polar surface area (TPSA) is 66.1 Å². The second kappa shape index (κ2) is 14.1. The Labute approximate surface area is 175 Å². The summed E-state index contributed by atoms with van der Waals surface area (Å²) in [4.78, 5) is 9.11. The molecule has 3 N–H and O–H groups in total. The first-order valence-corrected chi connectivity index (χ1v) is 9.36. The van der Waals surface area contributed by atoms with E-state index in [2.05, 4.69) is 51.4 Å². The summed E-state index contributed by atoms with van der Waals surface area (Å²) in [6.07, 6.45) is 3.26. The van der Waals surface area contributed by atoms with Gasteiger partial charge in [-0.05, 0) is 31.4 Å². The first kappa shape index (κ1) is 23.0. The highest BCUT2D eigenvalue weighted by Gasteiger charge is 2.08. The second-order valence-electron chi connectivity index (χ2n) is 6.47. The van der Waals surface area contributed by atoms with Crippen molar-refractivity contribution in [2.45, 2.75) is 19.3 Å². The zero-order valence-corrected chi connectivity index (χ0v) is 18.2. The van der Waals surface area contributed by atoms with Gasteiger partial charge in [0.05, 0.1) is 13.2 Å². The van der Waals surface area contributed by atoms with Gasteiger partial charge in [-0.25, -0.2) is 0 Å². The summed E-state index contributed by atoms with van der Waals surface area (Å²) in [7, 11) is 2.13. The number of para-hydroxylation sites is 1. The monoisotopic (exact) mass is 475 g/mol. The van der Waals surface area contributed by atoms with E-state index in [0.717, 1.165) is 71.7 Å². The summed E-state index contributed by atoms with van der Waals surface area (Å²) in [5.74, 6) is 0.568. The molecule has 1 heterocycles. The van der Waals surface area contributed by atoms with Crippen molar-refractivity contribution in [3.63, 3.8) is 0 Å². The fraction of sp³-hybridized carbons (Fsp3) is 0.632. The number of anilines is 1. The van der Waals surface area contributed by atoms with E-state index in [9.17, 15) is 0 Å². The van der Waals surface area contributed by atoms with Gasteiger partial charge in [0.15, 0.2) is 5.96 Å². The maximum absolute atomic E-state index is 5.92. The predicted molar refractivity (Wildman–Crippen MR) is 121 cm³/mol. The highest BCUT2D eigenvalue weighted by molar-refractivity contribution is 14.0. The predicted octanol–water partition coefficient (Wildman–Crippen LogP) is 2.15. The fourth-order valence-corrected chi connectivity index (χ4v) is 2.88. The van der Waals surface area contributed by atoms with E-state index in [1.165, 1.54) is 5.69 Å². The minimum atomic E-state index is 0. The van der Waals surface area contributed by atoms with Gasteiger partial charge in [-0.15, -0.1) is 24.0 Å². The molecule has 0 amide bonds. The molecule has 1 aliphatic heterocycles. The van der Waals surface area contributed by atoms with E-state index in [1.807, 2.05) is 6.07 Å². The van der Waals surface area contributed by atoms with E-state index >= 15 is 0 Å². The Morgan fingerprint density at radius 2 is 1.92 bits per heavy atom. The van der Waals surface area contributed by atoms with Gasteiger partial charge in [0.2, 0.25) is 0 Å². The van der Waals surface area contributed by atoms with E-state index in [0.29, 0.717) is 5.96 Å². The Balaban J connectivity index is 0.00000338. The average molecular weight is 475 g/mol. The molecular weight excluding hydrogens is 441 g/mol. The lowest BCUT2D eigenvalue weighted by Gasteiger charge is -2.26. The number of nitrogens with one attached hydrogen (secondary N) is 1. The maximum atomic E-state index is 5.92. The third kappa shape index (κ3) is 9.59. The number of unbranched alkanes of at least 4 members (excludes halogenated alkanes) is 1. The number of nitrogens with zero attached hydrogens (tertiary/aromatic N) is 3. The standard InChI is InChI=1S/C19H33N5O.HI/c1-23(18-8-3-2-4-9-18)12-6-5-10-21-19(20)22-11-7-13-24-14-16-25-17-15-24;/h2-4,8-9H,5-7,10-17H2,1H3,(H3,20,21,22);1H. The van der Waals surface area contributed by atoms with E-state index in [4.69, 9.17) is 10.5 Å². The maximum Gasteiger partial charge on any atom is 0.188 e. The number of guanidine groups is 1. The van der Waals surface area contributed by atoms with E-state index in [-0.39, 0.29) is 24.0 Å². The molecule has 1 fully saturated rings. The van der Waals surface area contributed by atoms with Crippen LogP contribution in [0.3, 0.4) is 0 Å². The number of morpholine rings is 1. The van der Waals surface area contributed by atoms with Crippen molar-refractivity contribution in [2.24, 2.45) is 10.7 Å². The van der Waals surface area contributed by atoms with Crippen molar-refractivity contribution in [3.8, 4) is 0 Å². The number of ether oxygens (including phenoxy) is 1. The molecule has 0 unspecified atom stereocenters. The van der Waals surface area contributed by atoms with Crippen LogP contribution >= 0.6 is 24.0 Å². The summed E-state index contributed by atoms with van der Waals surface area (Å²) in [5, 5.41) is 3.21. The van der Waals surface area contributed by atoms with Crippen molar-refractivity contribution in [3.05, 3.63) is 30.3 Å². The Hall–Kier alpha value is -1.06. The first-order valence-electron chi connectivity index (χ1n) is 9.36. The zero-order chi connectivity index (χ0) is 17.7. The number of hydrogen-bond donors (Lipinski definition) is 2. The summed E-state index contributed by atoms with van der Waals surface area (Å²) >= 11 is 0. The molecule has 0 aliphatic carbocycles. The summed E-state index contributed by atoms with van der Waals surface area (Å²) in [5.41, 5.74) is 7.18. The van der Waals surface area contributed by atoms with Gasteiger partial charge in [0.1, 0.15) is 0 Å². The van der Waals surface area contributed by atoms with Gasteiger partial charge in [0.25, 0.3) is 0 Å². The lowest BCUT2D eigenvalue weighted by Crippen LogP contribution is -2.37. The average Bonchev–Trinajstić information content (AvgIpc) is 2.66. The first-order chi connectivity index (χ1) is 12.3. The number of aliphatic imine (C=N–C) groups is 1. The van der Waals surface area contributed by atoms with Crippen LogP contribution in [0.4, 0.5) is 5.69 Å². The molecule has 1 aromatic carbocycles. The molecule has 1 saturated heterocycles. The Bertz CT molecular complexity index is 494. The molecule has 0 aromatic heterocycles. The van der Waals surface area contributed by atoms with Crippen molar-refractivity contribution < 1.29 is 4.74 Å². The lowest BCUT2D eigenvalue weighted by molar-refractivity contribution is 0.0377. The molecule has 0 bridgehead atoms. The number of halogens is 1. The second-order valence-corrected chi connectivity index (χ2v) is 6.47. The number of nitrogens with two attached hydrogens (primary N) is 1. The molecular formula is C19H34IN5O. The van der Waals surface area contributed by atoms with Crippen molar-refractivity contribution in [1.29, 1.82) is 0 Å². The van der Waals surface area contributed by atoms with Gasteiger partial charge in [-0.2, -0.15) is 0 Å². The quantitative estimate of drug-likeness (QED) is 0.235. The normalized spacial score (nSPS) is 15.3. The van der Waals surface area contributed by atoms with Crippen LogP contribution in [0.25, 0.3) is 0 Å². The largest absolute Gasteiger partial charge is 0.379 e. The Morgan fingerprint density at radius 1 is 1.19 bits per heavy atom. The van der Waals surface area contributed by atoms with Gasteiger partial charge >= 0.3 is 0 Å². The number of benzene rings is 1. The van der Waals surface area contributed by atoms with Crippen LogP contribution in [-0.4, -0.2) is 70.4 Å². The molecule has 0 saturated carbocycles. The fourth-order valence-electron chi connectivity index (χ4n) is 2.88. The highest BCUT2D eigenvalue weighted by atomic mass is 127. The molecule has 1 aliphatic rings. The van der Waals surface area contributed by atoms with Crippen LogP contribution in [0, 0.1) is 0 Å². The smallest absolute Gasteiger partial charge is 0.188 e. The van der Waals surface area contributed by atoms with Crippen molar-refractivity contribution >= 4 is 35.6 Å². The van der Waals surface area contributed by atoms with Crippen molar-refractivity contribution in [1.82, 2.24) is 10.2 Å². The van der Waals surface area contributed by atoms with E-state index in [1.54, 1.807) is 0 Å². The molecule has 2 rings (SSSR count). The van der Waals surface area contributed by atoms with Crippen LogP contribution in [0.2, 0.25) is 0 Å². The van der Waals surface area contributed by atoms with Gasteiger partial charge in [-0.1, -0.05) is 18.2 Å². The summed E-state index contributed by atoms with van der Waals surface area (Å²) in [6.45, 7) is 7.56. The molecule has 1 aromatic rings. The SMILES string of the molecule is CN(CCCCNC(N)=NCCCN1CCOCC1)c1ccccc1.I. The number of rotatable bonds is 10. The Morgan fingerprint density at radius 3 is 2.65 bits per heavy atom. The van der Waals surface area contributed by atoms with Gasteiger partial charge in [-0.3, -0.25) is 9.89 Å². The summed E-state index contributed by atoms with van der Waals surface area (Å²) < 4.78 is 5.35. The summed E-state index contributed by atoms with van der Waals surface area (Å²) in [6, 6.07) is 10.5. The van der Waals surface area contributed by atoms with Crippen LogP contribution in [0.15, 0.2) is 35.3 Å². The van der Waals surface area contributed by atoms with Gasteiger partial charge in [0, 0.05) is 52.0 Å².